The molecule has 0 fully saturated rings. The van der Waals surface area contributed by atoms with Crippen LogP contribution in [0.1, 0.15) is 13.8 Å². The Bertz CT molecular complexity index is 567. The topological polar surface area (TPSA) is 17.1 Å². The molecule has 1 heterocycles. The highest BCUT2D eigenvalue weighted by Gasteiger charge is 2.34. The predicted octanol–water partition coefficient (Wildman–Crippen LogP) is 4.26. The third-order valence-electron chi connectivity index (χ3n) is 2.94. The largest absolute Gasteiger partial charge is 0.289 e. The number of hydrogen-bond donors (Lipinski definition) is 0. The van der Waals surface area contributed by atoms with Crippen molar-refractivity contribution in [1.29, 1.82) is 0 Å². The lowest BCUT2D eigenvalue weighted by Crippen LogP contribution is -2.20. The van der Waals surface area contributed by atoms with Gasteiger partial charge in [0.2, 0.25) is 0 Å². The Hall–Kier alpha value is -0.930. The van der Waals surface area contributed by atoms with E-state index in [0.29, 0.717) is 0 Å². The first kappa shape index (κ1) is 11.2. The normalized spacial score (nSPS) is 21.2. The van der Waals surface area contributed by atoms with Crippen molar-refractivity contribution in [3.05, 3.63) is 46.2 Å². The van der Waals surface area contributed by atoms with E-state index in [4.69, 9.17) is 0 Å². The number of thioether (sulfide) groups is 2. The van der Waals surface area contributed by atoms with E-state index in [-0.39, 0.29) is 11.2 Å². The van der Waals surface area contributed by atoms with Crippen molar-refractivity contribution in [3.63, 3.8) is 0 Å². The fourth-order valence-corrected chi connectivity index (χ4v) is 4.57. The Morgan fingerprint density at radius 2 is 1.71 bits per heavy atom. The molecule has 0 unspecified atom stereocenters. The zero-order valence-electron chi connectivity index (χ0n) is 9.69. The number of ketones is 1. The second kappa shape index (κ2) is 3.79. The maximum atomic E-state index is 11.9. The fourth-order valence-electron chi connectivity index (χ4n) is 1.95. The van der Waals surface area contributed by atoms with Crippen LogP contribution in [0.2, 0.25) is 0 Å². The van der Waals surface area contributed by atoms with Gasteiger partial charge in [-0.15, -0.1) is 0 Å². The van der Waals surface area contributed by atoms with Gasteiger partial charge < -0.3 is 0 Å². The van der Waals surface area contributed by atoms with Crippen LogP contribution < -0.4 is 0 Å². The van der Waals surface area contributed by atoms with Crippen LogP contribution in [0.25, 0.3) is 0 Å². The van der Waals surface area contributed by atoms with Crippen molar-refractivity contribution in [2.75, 3.05) is 0 Å². The van der Waals surface area contributed by atoms with Gasteiger partial charge in [-0.05, 0) is 18.2 Å². The van der Waals surface area contributed by atoms with Crippen LogP contribution in [0, 0.1) is 5.41 Å². The number of carbonyl (C=O) groups is 1. The smallest absolute Gasteiger partial charge is 0.193 e. The Morgan fingerprint density at radius 1 is 1.06 bits per heavy atom. The van der Waals surface area contributed by atoms with E-state index >= 15 is 0 Å². The van der Waals surface area contributed by atoms with Gasteiger partial charge in [-0.25, -0.2) is 0 Å². The first-order valence-electron chi connectivity index (χ1n) is 5.51. The maximum Gasteiger partial charge on any atom is 0.193 e. The third kappa shape index (κ3) is 1.78. The minimum absolute atomic E-state index is 0.0333. The Morgan fingerprint density at radius 3 is 2.41 bits per heavy atom. The highest BCUT2D eigenvalue weighted by Crippen LogP contribution is 2.54. The third-order valence-corrected chi connectivity index (χ3v) is 5.89. The molecule has 0 spiro atoms. The minimum Gasteiger partial charge on any atom is -0.289 e. The van der Waals surface area contributed by atoms with Crippen LogP contribution in [0.3, 0.4) is 0 Å². The predicted molar refractivity (Wildman–Crippen MR) is 73.1 cm³/mol. The molecule has 1 aromatic rings. The number of fused-ring (bicyclic) bond motifs is 1. The van der Waals surface area contributed by atoms with Gasteiger partial charge in [-0.2, -0.15) is 0 Å². The van der Waals surface area contributed by atoms with Crippen molar-refractivity contribution in [2.45, 2.75) is 23.6 Å². The van der Waals surface area contributed by atoms with Crippen LogP contribution >= 0.6 is 23.5 Å². The molecule has 0 atom stereocenters. The molecule has 1 aromatic carbocycles. The summed E-state index contributed by atoms with van der Waals surface area (Å²) in [4.78, 5) is 16.5. The zero-order valence-corrected chi connectivity index (χ0v) is 11.3. The Balaban J connectivity index is 2.12. The van der Waals surface area contributed by atoms with Gasteiger partial charge in [0.15, 0.2) is 5.78 Å². The van der Waals surface area contributed by atoms with Crippen LogP contribution in [0.4, 0.5) is 0 Å². The van der Waals surface area contributed by atoms with E-state index in [1.54, 1.807) is 29.6 Å². The molecule has 2 aliphatic rings. The lowest BCUT2D eigenvalue weighted by molar-refractivity contribution is -0.110. The van der Waals surface area contributed by atoms with E-state index in [1.165, 1.54) is 14.7 Å². The minimum atomic E-state index is -0.0333. The molecule has 0 bridgehead atoms. The molecule has 0 N–H and O–H groups in total. The molecular weight excluding hydrogens is 248 g/mol. The SMILES string of the molecule is CC1(C)C=CC(=O)C2=C1Sc1ccccc1S2. The molecule has 0 radical (unpaired) electrons. The van der Waals surface area contributed by atoms with Crippen LogP contribution in [-0.2, 0) is 4.79 Å². The quantitative estimate of drug-likeness (QED) is 0.693. The molecule has 0 amide bonds. The van der Waals surface area contributed by atoms with Gasteiger partial charge in [0.05, 0.1) is 4.91 Å². The summed E-state index contributed by atoms with van der Waals surface area (Å²) in [5, 5.41) is 0. The molecule has 3 rings (SSSR count). The summed E-state index contributed by atoms with van der Waals surface area (Å²) in [5.41, 5.74) is -0.0333. The second-order valence-corrected chi connectivity index (χ2v) is 6.83. The summed E-state index contributed by atoms with van der Waals surface area (Å²) < 4.78 is 0. The number of benzene rings is 1. The fraction of sp³-hybridized carbons (Fsp3) is 0.214. The lowest BCUT2D eigenvalue weighted by atomic mass is 9.88. The van der Waals surface area contributed by atoms with E-state index in [9.17, 15) is 4.79 Å². The van der Waals surface area contributed by atoms with Gasteiger partial charge in [0.1, 0.15) is 0 Å². The highest BCUT2D eigenvalue weighted by atomic mass is 32.2. The lowest BCUT2D eigenvalue weighted by Gasteiger charge is -2.32. The van der Waals surface area contributed by atoms with Crippen molar-refractivity contribution in [3.8, 4) is 0 Å². The summed E-state index contributed by atoms with van der Waals surface area (Å²) in [6, 6.07) is 8.27. The summed E-state index contributed by atoms with van der Waals surface area (Å²) in [7, 11) is 0. The molecule has 0 saturated carbocycles. The first-order valence-corrected chi connectivity index (χ1v) is 7.14. The second-order valence-electron chi connectivity index (χ2n) is 4.73. The molecule has 3 heteroatoms. The molecule has 1 nitrogen and oxygen atoms in total. The van der Waals surface area contributed by atoms with Crippen LogP contribution in [-0.4, -0.2) is 5.78 Å². The standard InChI is InChI=1S/C14H12OS2/c1-14(2)8-7-9(15)12-13(14)17-11-6-4-3-5-10(11)16-12/h3-8H,1-2H3. The van der Waals surface area contributed by atoms with Crippen LogP contribution in [0.15, 0.2) is 56.0 Å². The van der Waals surface area contributed by atoms with Gasteiger partial charge in [-0.1, -0.05) is 55.6 Å². The summed E-state index contributed by atoms with van der Waals surface area (Å²) in [6.45, 7) is 4.32. The van der Waals surface area contributed by atoms with E-state index < -0.39 is 0 Å². The van der Waals surface area contributed by atoms with Gasteiger partial charge in [0.25, 0.3) is 0 Å². The van der Waals surface area contributed by atoms with Crippen molar-refractivity contribution in [1.82, 2.24) is 0 Å². The van der Waals surface area contributed by atoms with Crippen molar-refractivity contribution < 1.29 is 4.79 Å². The van der Waals surface area contributed by atoms with Crippen molar-refractivity contribution >= 4 is 29.3 Å². The Labute approximate surface area is 109 Å². The Kier molecular flexibility index (Phi) is 2.49. The average molecular weight is 260 g/mol. The van der Waals surface area contributed by atoms with Gasteiger partial charge in [-0.3, -0.25) is 4.79 Å². The van der Waals surface area contributed by atoms with E-state index in [1.807, 2.05) is 18.2 Å². The monoisotopic (exact) mass is 260 g/mol. The molecule has 0 saturated heterocycles. The number of hydrogen-bond acceptors (Lipinski definition) is 3. The highest BCUT2D eigenvalue weighted by molar-refractivity contribution is 8.10. The van der Waals surface area contributed by atoms with Crippen LogP contribution in [0.5, 0.6) is 0 Å². The van der Waals surface area contributed by atoms with Crippen molar-refractivity contribution in [2.24, 2.45) is 5.41 Å². The molecule has 86 valence electrons. The maximum absolute atomic E-state index is 11.9. The molecular formula is C14H12OS2. The van der Waals surface area contributed by atoms with E-state index in [0.717, 1.165) is 4.91 Å². The average Bonchev–Trinajstić information content (AvgIpc) is 2.33. The number of carbonyl (C=O) groups excluding carboxylic acids is 1. The van der Waals surface area contributed by atoms with E-state index in [2.05, 4.69) is 26.0 Å². The first-order chi connectivity index (χ1) is 8.08. The number of allylic oxidation sites excluding steroid dienone is 4. The summed E-state index contributed by atoms with van der Waals surface area (Å²) >= 11 is 3.35. The number of rotatable bonds is 0. The molecule has 1 aliphatic heterocycles. The molecule has 1 aliphatic carbocycles. The zero-order chi connectivity index (χ0) is 12.0. The molecule has 17 heavy (non-hydrogen) atoms. The van der Waals surface area contributed by atoms with Gasteiger partial charge >= 0.3 is 0 Å². The van der Waals surface area contributed by atoms with Gasteiger partial charge in [0, 0.05) is 20.1 Å². The summed E-state index contributed by atoms with van der Waals surface area (Å²) in [5.74, 6) is 0.145. The molecule has 0 aromatic heterocycles. The summed E-state index contributed by atoms with van der Waals surface area (Å²) in [6.07, 6.45) is 3.72.